The molecular weight excluding hydrogens is 244 g/mol. The van der Waals surface area contributed by atoms with Crippen LogP contribution in [0.4, 0.5) is 5.88 Å². The van der Waals surface area contributed by atoms with Crippen molar-refractivity contribution < 1.29 is 24.0 Å². The largest absolute Gasteiger partial charge is 0.481 e. The number of amides is 1. The van der Waals surface area contributed by atoms with Gasteiger partial charge in [-0.15, -0.1) is 0 Å². The van der Waals surface area contributed by atoms with E-state index in [4.69, 9.17) is 9.52 Å². The minimum Gasteiger partial charge on any atom is -0.481 e. The highest BCUT2D eigenvalue weighted by molar-refractivity contribution is 5.91. The maximum Gasteiger partial charge on any atom is 0.433 e. The Morgan fingerprint density at radius 3 is 2.67 bits per heavy atom. The van der Waals surface area contributed by atoms with E-state index in [1.807, 2.05) is 0 Å². The van der Waals surface area contributed by atoms with Gasteiger partial charge in [0, 0.05) is 13.0 Å². The summed E-state index contributed by atoms with van der Waals surface area (Å²) in [7, 11) is 0. The SMILES string of the molecule is O=C(O)CCCCNC(=O)c1ccc([N+](=O)[O-])o1. The molecule has 0 radical (unpaired) electrons. The maximum atomic E-state index is 11.4. The van der Waals surface area contributed by atoms with Crippen LogP contribution in [-0.4, -0.2) is 28.5 Å². The lowest BCUT2D eigenvalue weighted by atomic mass is 10.2. The first-order valence-electron chi connectivity index (χ1n) is 5.25. The van der Waals surface area contributed by atoms with Crippen LogP contribution < -0.4 is 5.32 Å². The van der Waals surface area contributed by atoms with E-state index in [0.717, 1.165) is 6.07 Å². The minimum absolute atomic E-state index is 0.0437. The molecule has 1 amide bonds. The van der Waals surface area contributed by atoms with E-state index in [0.29, 0.717) is 19.4 Å². The molecule has 0 aliphatic rings. The predicted octanol–water partition coefficient (Wildman–Crippen LogP) is 1.17. The van der Waals surface area contributed by atoms with E-state index < -0.39 is 22.7 Å². The van der Waals surface area contributed by atoms with Gasteiger partial charge in [0.25, 0.3) is 5.91 Å². The molecule has 1 heterocycles. The number of nitrogens with one attached hydrogen (secondary N) is 1. The Morgan fingerprint density at radius 2 is 2.11 bits per heavy atom. The second-order valence-corrected chi connectivity index (χ2v) is 3.50. The topological polar surface area (TPSA) is 123 Å². The number of carboxylic acid groups (broad SMARTS) is 1. The van der Waals surface area contributed by atoms with Gasteiger partial charge < -0.3 is 14.8 Å². The lowest BCUT2D eigenvalue weighted by molar-refractivity contribution is -0.402. The first-order chi connectivity index (χ1) is 8.50. The third-order valence-corrected chi connectivity index (χ3v) is 2.10. The minimum atomic E-state index is -0.886. The lowest BCUT2D eigenvalue weighted by Crippen LogP contribution is -2.24. The summed E-state index contributed by atoms with van der Waals surface area (Å²) >= 11 is 0. The van der Waals surface area contributed by atoms with E-state index in [1.54, 1.807) is 0 Å². The van der Waals surface area contributed by atoms with E-state index in [9.17, 15) is 19.7 Å². The van der Waals surface area contributed by atoms with Crippen LogP contribution in [0.25, 0.3) is 0 Å². The normalized spacial score (nSPS) is 10.0. The molecule has 0 aromatic carbocycles. The average Bonchev–Trinajstić information content (AvgIpc) is 2.77. The van der Waals surface area contributed by atoms with Crippen LogP contribution in [0.3, 0.4) is 0 Å². The van der Waals surface area contributed by atoms with Gasteiger partial charge in [-0.2, -0.15) is 0 Å². The Kier molecular flexibility index (Phi) is 4.85. The molecule has 2 N–H and O–H groups in total. The van der Waals surface area contributed by atoms with Crippen LogP contribution >= 0.6 is 0 Å². The van der Waals surface area contributed by atoms with Crippen molar-refractivity contribution >= 4 is 17.8 Å². The third kappa shape index (κ3) is 4.24. The molecule has 0 fully saturated rings. The van der Waals surface area contributed by atoms with Crippen LogP contribution in [-0.2, 0) is 4.79 Å². The van der Waals surface area contributed by atoms with Crippen molar-refractivity contribution in [2.24, 2.45) is 0 Å². The summed E-state index contributed by atoms with van der Waals surface area (Å²) in [6.07, 6.45) is 1.01. The number of hydrogen-bond acceptors (Lipinski definition) is 5. The molecule has 98 valence electrons. The van der Waals surface area contributed by atoms with Gasteiger partial charge in [-0.3, -0.25) is 19.7 Å². The number of carbonyl (C=O) groups is 2. The number of furan rings is 1. The number of unbranched alkanes of at least 4 members (excludes halogenated alkanes) is 1. The highest BCUT2D eigenvalue weighted by Gasteiger charge is 2.16. The molecule has 0 aliphatic carbocycles. The number of rotatable bonds is 7. The summed E-state index contributed by atoms with van der Waals surface area (Å²) in [5.74, 6) is -2.08. The van der Waals surface area contributed by atoms with Gasteiger partial charge in [0.2, 0.25) is 0 Å². The number of aliphatic carboxylic acids is 1. The first kappa shape index (κ1) is 13.7. The molecule has 8 heteroatoms. The molecule has 0 aliphatic heterocycles. The van der Waals surface area contributed by atoms with Gasteiger partial charge >= 0.3 is 11.9 Å². The Hall–Kier alpha value is -2.38. The average molecular weight is 256 g/mol. The number of nitrogens with zero attached hydrogens (tertiary/aromatic N) is 1. The molecule has 0 saturated heterocycles. The fraction of sp³-hybridized carbons (Fsp3) is 0.400. The molecule has 0 saturated carbocycles. The lowest BCUT2D eigenvalue weighted by Gasteiger charge is -2.01. The van der Waals surface area contributed by atoms with Crippen molar-refractivity contribution in [1.82, 2.24) is 5.32 Å². The molecular formula is C10H12N2O6. The van der Waals surface area contributed by atoms with Crippen molar-refractivity contribution in [1.29, 1.82) is 0 Å². The fourth-order valence-corrected chi connectivity index (χ4v) is 1.24. The number of carbonyl (C=O) groups excluding carboxylic acids is 1. The maximum absolute atomic E-state index is 11.4. The Bertz CT molecular complexity index is 453. The zero-order valence-corrected chi connectivity index (χ0v) is 9.42. The fourth-order valence-electron chi connectivity index (χ4n) is 1.24. The van der Waals surface area contributed by atoms with Crippen LogP contribution in [0.1, 0.15) is 29.8 Å². The summed E-state index contributed by atoms with van der Waals surface area (Å²) in [6.45, 7) is 0.292. The van der Waals surface area contributed by atoms with Gasteiger partial charge in [-0.1, -0.05) is 0 Å². The summed E-state index contributed by atoms with van der Waals surface area (Å²) < 4.78 is 4.70. The van der Waals surface area contributed by atoms with E-state index in [2.05, 4.69) is 5.32 Å². The highest BCUT2D eigenvalue weighted by atomic mass is 16.6. The second kappa shape index (κ2) is 6.38. The van der Waals surface area contributed by atoms with Crippen LogP contribution in [0.2, 0.25) is 0 Å². The van der Waals surface area contributed by atoms with Crippen LogP contribution in [0, 0.1) is 10.1 Å². The van der Waals surface area contributed by atoms with E-state index >= 15 is 0 Å². The quantitative estimate of drug-likeness (QED) is 0.429. The molecule has 1 aromatic rings. The molecule has 18 heavy (non-hydrogen) atoms. The molecule has 0 unspecified atom stereocenters. The monoisotopic (exact) mass is 256 g/mol. The van der Waals surface area contributed by atoms with Crippen molar-refractivity contribution in [2.75, 3.05) is 6.54 Å². The van der Waals surface area contributed by atoms with Crippen molar-refractivity contribution in [3.05, 3.63) is 28.0 Å². The predicted molar refractivity (Wildman–Crippen MR) is 59.2 cm³/mol. The Morgan fingerprint density at radius 1 is 1.39 bits per heavy atom. The van der Waals surface area contributed by atoms with Gasteiger partial charge in [0.1, 0.15) is 4.92 Å². The number of nitro groups is 1. The molecule has 0 bridgehead atoms. The highest BCUT2D eigenvalue weighted by Crippen LogP contribution is 2.15. The summed E-state index contributed by atoms with van der Waals surface area (Å²) in [6, 6.07) is 2.31. The standard InChI is InChI=1S/C10H12N2O6/c13-9(14)3-1-2-6-11-10(15)7-4-5-8(18-7)12(16)17/h4-5H,1-3,6H2,(H,11,15)(H,13,14). The van der Waals surface area contributed by atoms with Gasteiger partial charge in [0.15, 0.2) is 5.76 Å². The van der Waals surface area contributed by atoms with Gasteiger partial charge in [-0.25, -0.2) is 0 Å². The van der Waals surface area contributed by atoms with Crippen molar-refractivity contribution in [3.8, 4) is 0 Å². The summed E-state index contributed by atoms with van der Waals surface area (Å²) in [5, 5.41) is 21.2. The summed E-state index contributed by atoms with van der Waals surface area (Å²) in [5.41, 5.74) is 0. The molecule has 1 aromatic heterocycles. The number of hydrogen-bond donors (Lipinski definition) is 2. The smallest absolute Gasteiger partial charge is 0.433 e. The summed E-state index contributed by atoms with van der Waals surface area (Å²) in [4.78, 5) is 31.2. The zero-order chi connectivity index (χ0) is 13.5. The van der Waals surface area contributed by atoms with Crippen LogP contribution in [0.15, 0.2) is 16.5 Å². The zero-order valence-electron chi connectivity index (χ0n) is 9.42. The molecule has 0 atom stereocenters. The molecule has 0 spiro atoms. The molecule has 8 nitrogen and oxygen atoms in total. The van der Waals surface area contributed by atoms with E-state index in [1.165, 1.54) is 6.07 Å². The van der Waals surface area contributed by atoms with Crippen molar-refractivity contribution in [2.45, 2.75) is 19.3 Å². The second-order valence-electron chi connectivity index (χ2n) is 3.50. The van der Waals surface area contributed by atoms with Crippen LogP contribution in [0.5, 0.6) is 0 Å². The van der Waals surface area contributed by atoms with Gasteiger partial charge in [-0.05, 0) is 18.9 Å². The third-order valence-electron chi connectivity index (χ3n) is 2.10. The van der Waals surface area contributed by atoms with Gasteiger partial charge in [0.05, 0.1) is 6.07 Å². The van der Waals surface area contributed by atoms with Crippen molar-refractivity contribution in [3.63, 3.8) is 0 Å². The molecule has 1 rings (SSSR count). The Balaban J connectivity index is 2.32. The first-order valence-corrected chi connectivity index (χ1v) is 5.25. The Labute approximate surface area is 102 Å². The van der Waals surface area contributed by atoms with E-state index in [-0.39, 0.29) is 12.2 Å². The number of carboxylic acids is 1.